The van der Waals surface area contributed by atoms with Gasteiger partial charge in [0.05, 0.1) is 12.3 Å². The quantitative estimate of drug-likeness (QED) is 0.552. The number of nitrogens with zero attached hydrogens (tertiary/aromatic N) is 5. The molecule has 1 unspecified atom stereocenters. The summed E-state index contributed by atoms with van der Waals surface area (Å²) in [5.74, 6) is 1.55. The van der Waals surface area contributed by atoms with E-state index < -0.39 is 0 Å². The fourth-order valence-electron chi connectivity index (χ4n) is 4.12. The summed E-state index contributed by atoms with van der Waals surface area (Å²) in [7, 11) is 0. The number of aromatic nitrogens is 4. The minimum Gasteiger partial charge on any atom is -0.468 e. The van der Waals surface area contributed by atoms with Gasteiger partial charge < -0.3 is 9.73 Å². The van der Waals surface area contributed by atoms with Crippen molar-refractivity contribution < 1.29 is 9.21 Å². The lowest BCUT2D eigenvalue weighted by molar-refractivity contribution is -0.121. The molecule has 0 bridgehead atoms. The summed E-state index contributed by atoms with van der Waals surface area (Å²) in [5.41, 5.74) is 2.94. The molecule has 1 saturated heterocycles. The lowest BCUT2D eigenvalue weighted by Gasteiger charge is -2.26. The molecule has 3 aromatic rings. The molecule has 8 nitrogen and oxygen atoms in total. The van der Waals surface area contributed by atoms with Crippen molar-refractivity contribution in [2.75, 3.05) is 25.9 Å². The van der Waals surface area contributed by atoms with Crippen molar-refractivity contribution in [2.24, 2.45) is 0 Å². The minimum absolute atomic E-state index is 0.0352. The Balaban J connectivity index is 1.39. The molecule has 1 aliphatic heterocycles. The molecule has 30 heavy (non-hydrogen) atoms. The molecule has 3 aromatic heterocycles. The summed E-state index contributed by atoms with van der Waals surface area (Å²) in [5, 5.41) is 8.29. The van der Waals surface area contributed by atoms with Crippen molar-refractivity contribution >= 4 is 23.4 Å². The van der Waals surface area contributed by atoms with Gasteiger partial charge in [0.25, 0.3) is 5.78 Å². The molecular formula is C21H28N6O2S. The molecule has 0 radical (unpaired) electrons. The first kappa shape index (κ1) is 20.9. The van der Waals surface area contributed by atoms with E-state index in [9.17, 15) is 4.79 Å². The van der Waals surface area contributed by atoms with E-state index in [1.807, 2.05) is 32.2 Å². The second-order valence-corrected chi connectivity index (χ2v) is 8.42. The zero-order chi connectivity index (χ0) is 21.1. The lowest BCUT2D eigenvalue weighted by Crippen LogP contribution is -2.36. The summed E-state index contributed by atoms with van der Waals surface area (Å²) in [6.07, 6.45) is 7.06. The Morgan fingerprint density at radius 1 is 1.30 bits per heavy atom. The van der Waals surface area contributed by atoms with Gasteiger partial charge in [0.15, 0.2) is 0 Å². The Labute approximate surface area is 180 Å². The third-order valence-electron chi connectivity index (χ3n) is 5.76. The molecule has 0 aromatic carbocycles. The van der Waals surface area contributed by atoms with Gasteiger partial charge in [-0.1, -0.05) is 11.8 Å². The molecule has 1 atom stereocenters. The molecule has 1 amide bonds. The van der Waals surface area contributed by atoms with E-state index in [-0.39, 0.29) is 11.9 Å². The van der Waals surface area contributed by atoms with Gasteiger partial charge in [-0.25, -0.2) is 9.50 Å². The maximum atomic E-state index is 12.6. The molecule has 0 saturated carbocycles. The fourth-order valence-corrected chi connectivity index (χ4v) is 4.46. The molecule has 0 spiro atoms. The van der Waals surface area contributed by atoms with Crippen molar-refractivity contribution in [3.8, 4) is 0 Å². The maximum Gasteiger partial charge on any atom is 0.253 e. The zero-order valence-electron chi connectivity index (χ0n) is 17.7. The summed E-state index contributed by atoms with van der Waals surface area (Å²) >= 11 is 1.49. The Hall–Kier alpha value is -2.39. The largest absolute Gasteiger partial charge is 0.468 e. The number of furan rings is 1. The molecule has 4 rings (SSSR count). The number of carbonyl (C=O) groups is 1. The van der Waals surface area contributed by atoms with Gasteiger partial charge in [-0.3, -0.25) is 9.69 Å². The molecule has 1 aliphatic rings. The highest BCUT2D eigenvalue weighted by Crippen LogP contribution is 2.25. The first-order chi connectivity index (χ1) is 14.6. The number of carbonyl (C=O) groups excluding carboxylic acids is 1. The van der Waals surface area contributed by atoms with Crippen LogP contribution in [-0.4, -0.2) is 56.3 Å². The average molecular weight is 429 g/mol. The van der Waals surface area contributed by atoms with Crippen LogP contribution in [0.1, 0.15) is 48.0 Å². The lowest BCUT2D eigenvalue weighted by atomic mass is 10.1. The second-order valence-electron chi connectivity index (χ2n) is 7.65. The number of aryl methyl sites for hydroxylation is 2. The van der Waals surface area contributed by atoms with Gasteiger partial charge >= 0.3 is 0 Å². The molecule has 1 N–H and O–H groups in total. The molecule has 9 heteroatoms. The highest BCUT2D eigenvalue weighted by atomic mass is 32.2. The number of nitrogens with one attached hydrogen (secondary N) is 1. The highest BCUT2D eigenvalue weighted by Gasteiger charge is 2.26. The van der Waals surface area contributed by atoms with Crippen molar-refractivity contribution in [1.82, 2.24) is 29.8 Å². The van der Waals surface area contributed by atoms with Crippen LogP contribution in [0.15, 0.2) is 28.0 Å². The Bertz CT molecular complexity index is 1010. The van der Waals surface area contributed by atoms with Crippen LogP contribution in [0.25, 0.3) is 5.78 Å². The minimum atomic E-state index is 0.0352. The number of hydrogen-bond donors (Lipinski definition) is 1. The molecule has 160 valence electrons. The summed E-state index contributed by atoms with van der Waals surface area (Å²) in [4.78, 5) is 24.0. The fraction of sp³-hybridized carbons (Fsp3) is 0.524. The van der Waals surface area contributed by atoms with Gasteiger partial charge in [0.1, 0.15) is 5.76 Å². The zero-order valence-corrected chi connectivity index (χ0v) is 18.5. The monoisotopic (exact) mass is 428 g/mol. The summed E-state index contributed by atoms with van der Waals surface area (Å²) in [6, 6.07) is 3.98. The summed E-state index contributed by atoms with van der Waals surface area (Å²) in [6.45, 7) is 6.62. The average Bonchev–Trinajstić information content (AvgIpc) is 3.50. The Morgan fingerprint density at radius 3 is 2.80 bits per heavy atom. The third-order valence-corrected chi connectivity index (χ3v) is 6.30. The predicted octanol–water partition coefficient (Wildman–Crippen LogP) is 2.94. The van der Waals surface area contributed by atoms with Crippen LogP contribution in [0.3, 0.4) is 0 Å². The topological polar surface area (TPSA) is 88.6 Å². The first-order valence-corrected chi connectivity index (χ1v) is 11.6. The third kappa shape index (κ3) is 4.37. The normalized spacial score (nSPS) is 15.7. The Morgan fingerprint density at radius 2 is 2.10 bits per heavy atom. The van der Waals surface area contributed by atoms with E-state index in [0.717, 1.165) is 35.8 Å². The van der Waals surface area contributed by atoms with Crippen LogP contribution >= 0.6 is 11.8 Å². The number of hydrogen-bond acceptors (Lipinski definition) is 7. The van der Waals surface area contributed by atoms with E-state index in [0.29, 0.717) is 30.3 Å². The van der Waals surface area contributed by atoms with Crippen LogP contribution in [0.2, 0.25) is 0 Å². The van der Waals surface area contributed by atoms with E-state index in [4.69, 9.17) is 4.42 Å². The van der Waals surface area contributed by atoms with E-state index in [2.05, 4.69) is 25.3 Å². The molecule has 0 aliphatic carbocycles. The highest BCUT2D eigenvalue weighted by molar-refractivity contribution is 7.98. The number of likely N-dealkylation sites (tertiary alicyclic amines) is 1. The van der Waals surface area contributed by atoms with E-state index in [1.54, 1.807) is 10.8 Å². The molecule has 1 fully saturated rings. The maximum absolute atomic E-state index is 12.6. The van der Waals surface area contributed by atoms with Crippen molar-refractivity contribution in [1.29, 1.82) is 0 Å². The SMILES string of the molecule is CSc1nc2nc(C)c(CCC(=O)NCC(c3ccco3)N3CCCC3)c(C)n2n1. The second kappa shape index (κ2) is 9.18. The number of thioether (sulfide) groups is 1. The van der Waals surface area contributed by atoms with Crippen molar-refractivity contribution in [2.45, 2.75) is 50.7 Å². The van der Waals surface area contributed by atoms with Gasteiger partial charge in [-0.05, 0) is 70.2 Å². The number of rotatable bonds is 8. The molecule has 4 heterocycles. The van der Waals surface area contributed by atoms with Gasteiger partial charge in [-0.15, -0.1) is 5.10 Å². The summed E-state index contributed by atoms with van der Waals surface area (Å²) < 4.78 is 7.40. The van der Waals surface area contributed by atoms with Gasteiger partial charge in [0, 0.05) is 24.4 Å². The van der Waals surface area contributed by atoms with Crippen LogP contribution < -0.4 is 5.32 Å². The van der Waals surface area contributed by atoms with Gasteiger partial charge in [0.2, 0.25) is 11.1 Å². The Kier molecular flexibility index (Phi) is 6.38. The molecular weight excluding hydrogens is 400 g/mol. The number of fused-ring (bicyclic) bond motifs is 1. The predicted molar refractivity (Wildman–Crippen MR) is 116 cm³/mol. The number of amides is 1. The van der Waals surface area contributed by atoms with Gasteiger partial charge in [-0.2, -0.15) is 4.98 Å². The van der Waals surface area contributed by atoms with Crippen LogP contribution in [0.5, 0.6) is 0 Å². The van der Waals surface area contributed by atoms with Crippen molar-refractivity contribution in [3.05, 3.63) is 41.1 Å². The van der Waals surface area contributed by atoms with E-state index in [1.165, 1.54) is 24.6 Å². The smallest absolute Gasteiger partial charge is 0.253 e. The van der Waals surface area contributed by atoms with Crippen LogP contribution in [-0.2, 0) is 11.2 Å². The van der Waals surface area contributed by atoms with Crippen LogP contribution in [0.4, 0.5) is 0 Å². The van der Waals surface area contributed by atoms with Crippen LogP contribution in [0, 0.1) is 13.8 Å². The van der Waals surface area contributed by atoms with E-state index >= 15 is 0 Å². The standard InChI is InChI=1S/C21H28N6O2S/c1-14-16(15(2)27-20(23-14)24-21(25-27)30-3)8-9-19(28)22-13-17(18-7-6-12-29-18)26-10-4-5-11-26/h6-7,12,17H,4-5,8-11,13H2,1-3H3,(H,22,28). The first-order valence-electron chi connectivity index (χ1n) is 10.4. The van der Waals surface area contributed by atoms with Crippen molar-refractivity contribution in [3.63, 3.8) is 0 Å².